The zero-order chi connectivity index (χ0) is 16.9. The average Bonchev–Trinajstić information content (AvgIpc) is 3.09. The van der Waals surface area contributed by atoms with E-state index in [9.17, 15) is 9.90 Å². The van der Waals surface area contributed by atoms with Crippen LogP contribution in [0.15, 0.2) is 30.3 Å². The minimum absolute atomic E-state index is 0.151. The van der Waals surface area contributed by atoms with Gasteiger partial charge in [0.05, 0.1) is 5.56 Å². The molecule has 1 aromatic heterocycles. The summed E-state index contributed by atoms with van der Waals surface area (Å²) in [5.41, 5.74) is 1.40. The number of rotatable bonds is 5. The first-order chi connectivity index (χ1) is 11.6. The summed E-state index contributed by atoms with van der Waals surface area (Å²) in [5.74, 6) is 1.47. The van der Waals surface area contributed by atoms with Crippen molar-refractivity contribution in [1.82, 2.24) is 14.9 Å². The Morgan fingerprint density at radius 2 is 2.00 bits per heavy atom. The van der Waals surface area contributed by atoms with Crippen LogP contribution in [0, 0.1) is 6.92 Å². The van der Waals surface area contributed by atoms with Crippen molar-refractivity contribution in [1.29, 1.82) is 0 Å². The zero-order valence-corrected chi connectivity index (χ0v) is 13.8. The van der Waals surface area contributed by atoms with Gasteiger partial charge < -0.3 is 15.3 Å². The highest BCUT2D eigenvalue weighted by molar-refractivity contribution is 5.77. The average molecular weight is 326 g/mol. The van der Waals surface area contributed by atoms with Crippen molar-refractivity contribution in [2.75, 3.05) is 25.0 Å². The molecule has 0 atom stereocenters. The number of carbonyl (C=O) groups is 1. The topological polar surface area (TPSA) is 78.4 Å². The van der Waals surface area contributed by atoms with Crippen LogP contribution < -0.4 is 5.32 Å². The number of aromatic nitrogens is 2. The molecule has 1 saturated heterocycles. The van der Waals surface area contributed by atoms with Gasteiger partial charge in [-0.3, -0.25) is 4.79 Å². The van der Waals surface area contributed by atoms with Crippen molar-refractivity contribution in [3.63, 3.8) is 0 Å². The Balaban J connectivity index is 1.66. The van der Waals surface area contributed by atoms with E-state index >= 15 is 0 Å². The maximum atomic E-state index is 12.1. The van der Waals surface area contributed by atoms with Gasteiger partial charge in [-0.25, -0.2) is 9.97 Å². The van der Waals surface area contributed by atoms with Gasteiger partial charge in [-0.1, -0.05) is 12.1 Å². The third-order valence-electron chi connectivity index (χ3n) is 4.10. The second kappa shape index (κ2) is 7.29. The number of hydrogen-bond acceptors (Lipinski definition) is 5. The summed E-state index contributed by atoms with van der Waals surface area (Å²) in [6.45, 7) is 4.17. The highest BCUT2D eigenvalue weighted by atomic mass is 16.3. The van der Waals surface area contributed by atoms with Crippen LogP contribution >= 0.6 is 0 Å². The Bertz CT molecular complexity index is 727. The molecule has 1 aliphatic rings. The molecule has 0 aliphatic carbocycles. The molecular formula is C18H22N4O2. The van der Waals surface area contributed by atoms with E-state index in [0.29, 0.717) is 30.2 Å². The molecule has 2 N–H and O–H groups in total. The molecular weight excluding hydrogens is 304 g/mol. The van der Waals surface area contributed by atoms with Gasteiger partial charge >= 0.3 is 0 Å². The van der Waals surface area contributed by atoms with Crippen molar-refractivity contribution in [3.8, 4) is 17.1 Å². The van der Waals surface area contributed by atoms with Crippen LogP contribution in [0.25, 0.3) is 11.4 Å². The number of aromatic hydroxyl groups is 1. The van der Waals surface area contributed by atoms with E-state index in [1.807, 2.05) is 24.0 Å². The SMILES string of the molecule is Cc1cc(NCCC(=O)N2CCCC2)nc(-c2ccccc2O)n1. The largest absolute Gasteiger partial charge is 0.507 e. The molecule has 24 heavy (non-hydrogen) atoms. The number of carbonyl (C=O) groups excluding carboxylic acids is 1. The molecule has 6 nitrogen and oxygen atoms in total. The van der Waals surface area contributed by atoms with Crippen LogP contribution in [0.2, 0.25) is 0 Å². The number of para-hydroxylation sites is 1. The Morgan fingerprint density at radius 1 is 1.25 bits per heavy atom. The summed E-state index contributed by atoms with van der Waals surface area (Å²) in [4.78, 5) is 22.8. The van der Waals surface area contributed by atoms with E-state index in [-0.39, 0.29) is 11.7 Å². The highest BCUT2D eigenvalue weighted by Gasteiger charge is 2.17. The van der Waals surface area contributed by atoms with E-state index < -0.39 is 0 Å². The highest BCUT2D eigenvalue weighted by Crippen LogP contribution is 2.26. The first-order valence-electron chi connectivity index (χ1n) is 8.29. The lowest BCUT2D eigenvalue weighted by Gasteiger charge is -2.15. The maximum absolute atomic E-state index is 12.1. The molecule has 2 aromatic rings. The lowest BCUT2D eigenvalue weighted by Crippen LogP contribution is -2.29. The Morgan fingerprint density at radius 3 is 2.75 bits per heavy atom. The quantitative estimate of drug-likeness (QED) is 0.883. The molecule has 0 radical (unpaired) electrons. The molecule has 1 aromatic carbocycles. The van der Waals surface area contributed by atoms with Gasteiger partial charge in [0.1, 0.15) is 11.6 Å². The van der Waals surface area contributed by atoms with Crippen LogP contribution in [0.1, 0.15) is 25.0 Å². The summed E-state index contributed by atoms with van der Waals surface area (Å²) in [7, 11) is 0. The molecule has 126 valence electrons. The second-order valence-corrected chi connectivity index (χ2v) is 6.00. The van der Waals surface area contributed by atoms with Crippen LogP contribution in [0.3, 0.4) is 0 Å². The Hall–Kier alpha value is -2.63. The molecule has 0 bridgehead atoms. The number of aryl methyl sites for hydroxylation is 1. The summed E-state index contributed by atoms with van der Waals surface area (Å²) in [6.07, 6.45) is 2.66. The van der Waals surface area contributed by atoms with E-state index in [1.54, 1.807) is 18.2 Å². The zero-order valence-electron chi connectivity index (χ0n) is 13.8. The molecule has 0 saturated carbocycles. The molecule has 0 spiro atoms. The van der Waals surface area contributed by atoms with Crippen molar-refractivity contribution < 1.29 is 9.90 Å². The minimum atomic E-state index is 0.151. The maximum Gasteiger partial charge on any atom is 0.224 e. The first kappa shape index (κ1) is 16.2. The monoisotopic (exact) mass is 326 g/mol. The van der Waals surface area contributed by atoms with Crippen molar-refractivity contribution >= 4 is 11.7 Å². The van der Waals surface area contributed by atoms with Gasteiger partial charge in [-0.05, 0) is 31.9 Å². The van der Waals surface area contributed by atoms with Gasteiger partial charge in [0.2, 0.25) is 5.91 Å². The standard InChI is InChI=1S/C18H22N4O2/c1-13-12-16(19-9-8-17(24)22-10-4-5-11-22)21-18(20-13)14-6-2-3-7-15(14)23/h2-3,6-7,12,23H,4-5,8-11H2,1H3,(H,19,20,21). The van der Waals surface area contributed by atoms with Crippen LogP contribution in [0.5, 0.6) is 5.75 Å². The number of likely N-dealkylation sites (tertiary alicyclic amines) is 1. The first-order valence-corrected chi connectivity index (χ1v) is 8.29. The van der Waals surface area contributed by atoms with E-state index in [0.717, 1.165) is 31.6 Å². The van der Waals surface area contributed by atoms with Crippen molar-refractivity contribution in [2.24, 2.45) is 0 Å². The van der Waals surface area contributed by atoms with Gasteiger partial charge in [0.15, 0.2) is 5.82 Å². The summed E-state index contributed by atoms with van der Waals surface area (Å²) in [6, 6.07) is 8.83. The van der Waals surface area contributed by atoms with Crippen LogP contribution in [0.4, 0.5) is 5.82 Å². The molecule has 1 fully saturated rings. The fraction of sp³-hybridized carbons (Fsp3) is 0.389. The predicted octanol–water partition coefficient (Wildman–Crippen LogP) is 2.58. The summed E-state index contributed by atoms with van der Waals surface area (Å²) in [5, 5.41) is 13.2. The molecule has 2 heterocycles. The molecule has 0 unspecified atom stereocenters. The summed E-state index contributed by atoms with van der Waals surface area (Å²) < 4.78 is 0. The summed E-state index contributed by atoms with van der Waals surface area (Å²) >= 11 is 0. The number of benzene rings is 1. The van der Waals surface area contributed by atoms with Crippen LogP contribution in [-0.2, 0) is 4.79 Å². The number of amides is 1. The minimum Gasteiger partial charge on any atom is -0.507 e. The Kier molecular flexibility index (Phi) is 4.93. The predicted molar refractivity (Wildman–Crippen MR) is 92.8 cm³/mol. The van der Waals surface area contributed by atoms with Crippen molar-refractivity contribution in [3.05, 3.63) is 36.0 Å². The molecule has 3 rings (SSSR count). The third kappa shape index (κ3) is 3.82. The molecule has 1 amide bonds. The third-order valence-corrected chi connectivity index (χ3v) is 4.10. The lowest BCUT2D eigenvalue weighted by atomic mass is 10.2. The fourth-order valence-corrected chi connectivity index (χ4v) is 2.86. The van der Waals surface area contributed by atoms with E-state index in [4.69, 9.17) is 0 Å². The fourth-order valence-electron chi connectivity index (χ4n) is 2.86. The Labute approximate surface area is 141 Å². The number of anilines is 1. The van der Waals surface area contributed by atoms with Gasteiger partial charge in [0, 0.05) is 37.8 Å². The lowest BCUT2D eigenvalue weighted by molar-refractivity contribution is -0.129. The van der Waals surface area contributed by atoms with Gasteiger partial charge in [0.25, 0.3) is 0 Å². The van der Waals surface area contributed by atoms with E-state index in [2.05, 4.69) is 15.3 Å². The molecule has 1 aliphatic heterocycles. The smallest absolute Gasteiger partial charge is 0.224 e. The molecule has 6 heteroatoms. The number of nitrogens with zero attached hydrogens (tertiary/aromatic N) is 3. The van der Waals surface area contributed by atoms with Crippen LogP contribution in [-0.4, -0.2) is 45.5 Å². The van der Waals surface area contributed by atoms with Crippen molar-refractivity contribution in [2.45, 2.75) is 26.2 Å². The van der Waals surface area contributed by atoms with Gasteiger partial charge in [-0.15, -0.1) is 0 Å². The van der Waals surface area contributed by atoms with E-state index in [1.165, 1.54) is 0 Å². The number of hydrogen-bond donors (Lipinski definition) is 2. The van der Waals surface area contributed by atoms with Gasteiger partial charge in [-0.2, -0.15) is 0 Å². The second-order valence-electron chi connectivity index (χ2n) is 6.00. The normalized spacial score (nSPS) is 14.0. The number of nitrogens with one attached hydrogen (secondary N) is 1. The number of phenolic OH excluding ortho intramolecular Hbond substituents is 1. The number of phenols is 1.